The highest BCUT2D eigenvalue weighted by Gasteiger charge is 2.07. The van der Waals surface area contributed by atoms with Gasteiger partial charge in [-0.05, 0) is 37.3 Å². The smallest absolute Gasteiger partial charge is 0.251 e. The number of thioether (sulfide) groups is 1. The summed E-state index contributed by atoms with van der Waals surface area (Å²) in [5, 5.41) is 2.95. The first-order valence-electron chi connectivity index (χ1n) is 5.56. The first kappa shape index (κ1) is 13.1. The third-order valence-corrected chi connectivity index (χ3v) is 3.14. The van der Waals surface area contributed by atoms with Crippen LogP contribution in [-0.4, -0.2) is 18.2 Å². The summed E-state index contributed by atoms with van der Waals surface area (Å²) in [5.74, 6) is 1.01. The van der Waals surface area contributed by atoms with Gasteiger partial charge in [-0.3, -0.25) is 4.79 Å². The Morgan fingerprint density at radius 3 is 2.50 bits per heavy atom. The van der Waals surface area contributed by atoms with Gasteiger partial charge in [0, 0.05) is 17.4 Å². The lowest BCUT2D eigenvalue weighted by Crippen LogP contribution is -2.31. The molecule has 16 heavy (non-hydrogen) atoms. The number of nitrogens with one attached hydrogen (secondary N) is 1. The highest BCUT2D eigenvalue weighted by molar-refractivity contribution is 7.97. The molecule has 0 aliphatic rings. The van der Waals surface area contributed by atoms with Crippen molar-refractivity contribution in [2.75, 3.05) is 6.26 Å². The van der Waals surface area contributed by atoms with Crippen LogP contribution in [-0.2, 0) is 5.75 Å². The van der Waals surface area contributed by atoms with Crippen LogP contribution in [0.4, 0.5) is 0 Å². The van der Waals surface area contributed by atoms with Gasteiger partial charge in [-0.2, -0.15) is 11.8 Å². The van der Waals surface area contributed by atoms with Crippen molar-refractivity contribution in [1.82, 2.24) is 5.32 Å². The zero-order chi connectivity index (χ0) is 12.0. The lowest BCUT2D eigenvalue weighted by atomic mass is 10.1. The first-order valence-corrected chi connectivity index (χ1v) is 6.95. The van der Waals surface area contributed by atoms with E-state index in [1.807, 2.05) is 31.2 Å². The lowest BCUT2D eigenvalue weighted by molar-refractivity contribution is 0.0939. The van der Waals surface area contributed by atoms with Crippen LogP contribution < -0.4 is 5.32 Å². The third kappa shape index (κ3) is 3.89. The summed E-state index contributed by atoms with van der Waals surface area (Å²) < 4.78 is 0. The summed E-state index contributed by atoms with van der Waals surface area (Å²) in [5.41, 5.74) is 2.00. The van der Waals surface area contributed by atoms with Crippen LogP contribution >= 0.6 is 11.8 Å². The Labute approximate surface area is 102 Å². The first-order chi connectivity index (χ1) is 7.67. The molecule has 2 nitrogen and oxygen atoms in total. The summed E-state index contributed by atoms with van der Waals surface area (Å²) in [7, 11) is 0. The lowest BCUT2D eigenvalue weighted by Gasteiger charge is -2.11. The van der Waals surface area contributed by atoms with Gasteiger partial charge >= 0.3 is 0 Å². The van der Waals surface area contributed by atoms with Crippen molar-refractivity contribution in [2.24, 2.45) is 0 Å². The molecule has 0 fully saturated rings. The van der Waals surface area contributed by atoms with E-state index in [1.54, 1.807) is 11.8 Å². The number of benzene rings is 1. The molecule has 0 bridgehead atoms. The van der Waals surface area contributed by atoms with E-state index in [0.29, 0.717) is 0 Å². The molecule has 1 unspecified atom stereocenters. The van der Waals surface area contributed by atoms with Gasteiger partial charge in [-0.25, -0.2) is 0 Å². The Bertz CT molecular complexity index is 334. The third-order valence-electron chi connectivity index (χ3n) is 2.52. The minimum absolute atomic E-state index is 0.0186. The van der Waals surface area contributed by atoms with Crippen LogP contribution in [0.3, 0.4) is 0 Å². The van der Waals surface area contributed by atoms with Gasteiger partial charge in [0.25, 0.3) is 5.91 Å². The van der Waals surface area contributed by atoms with Crippen molar-refractivity contribution in [2.45, 2.75) is 32.1 Å². The van der Waals surface area contributed by atoms with Crippen LogP contribution in [0.2, 0.25) is 0 Å². The Balaban J connectivity index is 2.63. The van der Waals surface area contributed by atoms with Gasteiger partial charge in [-0.15, -0.1) is 0 Å². The number of hydrogen-bond donors (Lipinski definition) is 1. The van der Waals surface area contributed by atoms with Crippen molar-refractivity contribution in [3.8, 4) is 0 Å². The molecule has 3 heteroatoms. The zero-order valence-corrected chi connectivity index (χ0v) is 10.9. The van der Waals surface area contributed by atoms with E-state index in [0.717, 1.165) is 17.7 Å². The summed E-state index contributed by atoms with van der Waals surface area (Å²) >= 11 is 1.78. The largest absolute Gasteiger partial charge is 0.350 e. The second kappa shape index (κ2) is 6.59. The highest BCUT2D eigenvalue weighted by Crippen LogP contribution is 2.10. The Hall–Kier alpha value is -0.960. The number of hydrogen-bond acceptors (Lipinski definition) is 2. The summed E-state index contributed by atoms with van der Waals surface area (Å²) in [6.45, 7) is 4.08. The molecule has 1 amide bonds. The SMILES string of the molecule is CCC(C)NC(=O)c1ccc(CSC)cc1. The van der Waals surface area contributed by atoms with Gasteiger partial charge in [-0.1, -0.05) is 19.1 Å². The quantitative estimate of drug-likeness (QED) is 0.852. The van der Waals surface area contributed by atoms with Gasteiger partial charge in [0.2, 0.25) is 0 Å². The van der Waals surface area contributed by atoms with E-state index in [2.05, 4.69) is 18.5 Å². The number of carbonyl (C=O) groups excluding carboxylic acids is 1. The molecule has 1 rings (SSSR count). The molecule has 0 heterocycles. The molecule has 1 aromatic carbocycles. The van der Waals surface area contributed by atoms with Gasteiger partial charge in [0.05, 0.1) is 0 Å². The molecule has 0 aliphatic heterocycles. The Morgan fingerprint density at radius 2 is 2.00 bits per heavy atom. The fourth-order valence-electron chi connectivity index (χ4n) is 1.33. The normalized spacial score (nSPS) is 12.2. The summed E-state index contributed by atoms with van der Waals surface area (Å²) in [6.07, 6.45) is 3.03. The molecule has 0 spiro atoms. The number of amides is 1. The van der Waals surface area contributed by atoms with Crippen LogP contribution in [0.5, 0.6) is 0 Å². The van der Waals surface area contributed by atoms with Crippen molar-refractivity contribution in [1.29, 1.82) is 0 Å². The fourth-order valence-corrected chi connectivity index (χ4v) is 1.85. The van der Waals surface area contributed by atoms with E-state index in [1.165, 1.54) is 5.56 Å². The van der Waals surface area contributed by atoms with Crippen molar-refractivity contribution in [3.63, 3.8) is 0 Å². The van der Waals surface area contributed by atoms with Crippen molar-refractivity contribution >= 4 is 17.7 Å². The summed E-state index contributed by atoms with van der Waals surface area (Å²) in [4.78, 5) is 11.8. The molecule has 0 radical (unpaired) electrons. The van der Waals surface area contributed by atoms with E-state index in [-0.39, 0.29) is 11.9 Å². The molecular formula is C13H19NOS. The van der Waals surface area contributed by atoms with Crippen LogP contribution in [0.25, 0.3) is 0 Å². The minimum Gasteiger partial charge on any atom is -0.350 e. The average Bonchev–Trinajstić information content (AvgIpc) is 2.30. The van der Waals surface area contributed by atoms with Gasteiger partial charge in [0.15, 0.2) is 0 Å². The van der Waals surface area contributed by atoms with E-state index >= 15 is 0 Å². The fraction of sp³-hybridized carbons (Fsp3) is 0.462. The molecule has 0 saturated carbocycles. The molecule has 0 saturated heterocycles. The molecule has 1 N–H and O–H groups in total. The molecular weight excluding hydrogens is 218 g/mol. The standard InChI is InChI=1S/C13H19NOS/c1-4-10(2)14-13(15)12-7-5-11(6-8-12)9-16-3/h5-8,10H,4,9H2,1-3H3,(H,14,15). The predicted molar refractivity (Wildman–Crippen MR) is 70.9 cm³/mol. The highest BCUT2D eigenvalue weighted by atomic mass is 32.2. The van der Waals surface area contributed by atoms with E-state index < -0.39 is 0 Å². The van der Waals surface area contributed by atoms with Crippen molar-refractivity contribution in [3.05, 3.63) is 35.4 Å². The Morgan fingerprint density at radius 1 is 1.38 bits per heavy atom. The van der Waals surface area contributed by atoms with Crippen LogP contribution in [0.15, 0.2) is 24.3 Å². The second-order valence-corrected chi connectivity index (χ2v) is 4.78. The maximum Gasteiger partial charge on any atom is 0.251 e. The molecule has 1 atom stereocenters. The van der Waals surface area contributed by atoms with E-state index in [4.69, 9.17) is 0 Å². The van der Waals surface area contributed by atoms with Gasteiger partial charge < -0.3 is 5.32 Å². The topological polar surface area (TPSA) is 29.1 Å². The molecule has 0 aliphatic carbocycles. The monoisotopic (exact) mass is 237 g/mol. The number of carbonyl (C=O) groups is 1. The van der Waals surface area contributed by atoms with Crippen LogP contribution in [0, 0.1) is 0 Å². The van der Waals surface area contributed by atoms with Crippen LogP contribution in [0.1, 0.15) is 36.2 Å². The van der Waals surface area contributed by atoms with Crippen molar-refractivity contribution < 1.29 is 4.79 Å². The molecule has 88 valence electrons. The second-order valence-electron chi connectivity index (χ2n) is 3.91. The van der Waals surface area contributed by atoms with Gasteiger partial charge in [0.1, 0.15) is 0 Å². The predicted octanol–water partition coefficient (Wildman–Crippen LogP) is 3.08. The molecule has 0 aromatic heterocycles. The maximum atomic E-state index is 11.8. The maximum absolute atomic E-state index is 11.8. The summed E-state index contributed by atoms with van der Waals surface area (Å²) in [6, 6.07) is 8.05. The zero-order valence-electron chi connectivity index (χ0n) is 10.1. The average molecular weight is 237 g/mol. The molecule has 1 aromatic rings. The van der Waals surface area contributed by atoms with E-state index in [9.17, 15) is 4.79 Å². The minimum atomic E-state index is 0.0186. The Kier molecular flexibility index (Phi) is 5.39. The number of rotatable bonds is 5.